The highest BCUT2D eigenvalue weighted by atomic mass is 79.9. The number of aryl methyl sites for hydroxylation is 1. The van der Waals surface area contributed by atoms with Gasteiger partial charge in [0.1, 0.15) is 0 Å². The largest absolute Gasteiger partial charge is 0.394 e. The molecular formula is C16H16BrNO2. The number of hydrogen-bond acceptors (Lipinski definition) is 2. The lowest BCUT2D eigenvalue weighted by molar-refractivity contribution is 0.0916. The number of hydrogen-bond donors (Lipinski definition) is 2. The van der Waals surface area contributed by atoms with E-state index < -0.39 is 6.04 Å². The molecule has 1 amide bonds. The van der Waals surface area contributed by atoms with Crippen molar-refractivity contribution in [3.8, 4) is 0 Å². The lowest BCUT2D eigenvalue weighted by atomic mass is 10.1. The van der Waals surface area contributed by atoms with Gasteiger partial charge in [-0.25, -0.2) is 0 Å². The first-order valence-corrected chi connectivity index (χ1v) is 7.14. The molecular weight excluding hydrogens is 318 g/mol. The van der Waals surface area contributed by atoms with E-state index in [1.54, 1.807) is 12.1 Å². The highest BCUT2D eigenvalue weighted by Crippen LogP contribution is 2.18. The van der Waals surface area contributed by atoms with Gasteiger partial charge in [-0.2, -0.15) is 0 Å². The van der Waals surface area contributed by atoms with Gasteiger partial charge >= 0.3 is 0 Å². The number of halogens is 1. The third-order valence-corrected chi connectivity index (χ3v) is 3.98. The fraction of sp³-hybridized carbons (Fsp3) is 0.188. The molecule has 3 nitrogen and oxygen atoms in total. The summed E-state index contributed by atoms with van der Waals surface area (Å²) in [6.07, 6.45) is 0. The van der Waals surface area contributed by atoms with E-state index in [-0.39, 0.29) is 12.5 Å². The molecule has 0 radical (unpaired) electrons. The molecule has 0 saturated heterocycles. The Morgan fingerprint density at radius 1 is 1.25 bits per heavy atom. The summed E-state index contributed by atoms with van der Waals surface area (Å²) in [7, 11) is 0. The van der Waals surface area contributed by atoms with Gasteiger partial charge in [-0.3, -0.25) is 4.79 Å². The normalized spacial score (nSPS) is 11.9. The first kappa shape index (κ1) is 14.8. The SMILES string of the molecule is Cc1ccc(C(=O)N[C@H](CO)c2ccccc2)cc1Br. The molecule has 2 N–H and O–H groups in total. The molecule has 1 atom stereocenters. The number of carbonyl (C=O) groups excluding carboxylic acids is 1. The third-order valence-electron chi connectivity index (χ3n) is 3.12. The lowest BCUT2D eigenvalue weighted by Crippen LogP contribution is -2.30. The molecule has 2 rings (SSSR count). The number of nitrogens with one attached hydrogen (secondary N) is 1. The monoisotopic (exact) mass is 333 g/mol. The Labute approximate surface area is 126 Å². The molecule has 0 aliphatic heterocycles. The predicted octanol–water partition coefficient (Wildman–Crippen LogP) is 3.22. The summed E-state index contributed by atoms with van der Waals surface area (Å²) in [4.78, 5) is 12.2. The van der Waals surface area contributed by atoms with Crippen molar-refractivity contribution in [1.82, 2.24) is 5.32 Å². The first-order valence-electron chi connectivity index (χ1n) is 6.34. The molecule has 0 aliphatic carbocycles. The van der Waals surface area contributed by atoms with E-state index >= 15 is 0 Å². The maximum absolute atomic E-state index is 12.2. The highest BCUT2D eigenvalue weighted by Gasteiger charge is 2.15. The summed E-state index contributed by atoms with van der Waals surface area (Å²) < 4.78 is 0.894. The molecule has 0 heterocycles. The predicted molar refractivity (Wildman–Crippen MR) is 82.6 cm³/mol. The molecule has 0 bridgehead atoms. The van der Waals surface area contributed by atoms with Gasteiger partial charge < -0.3 is 10.4 Å². The van der Waals surface area contributed by atoms with Crippen molar-refractivity contribution in [2.24, 2.45) is 0 Å². The van der Waals surface area contributed by atoms with Gasteiger partial charge in [-0.15, -0.1) is 0 Å². The van der Waals surface area contributed by atoms with E-state index in [1.165, 1.54) is 0 Å². The van der Waals surface area contributed by atoms with Gasteiger partial charge in [0, 0.05) is 10.0 Å². The zero-order valence-corrected chi connectivity index (χ0v) is 12.7. The molecule has 0 aromatic heterocycles. The Morgan fingerprint density at radius 2 is 1.95 bits per heavy atom. The van der Waals surface area contributed by atoms with Gasteiger partial charge in [0.2, 0.25) is 0 Å². The number of aliphatic hydroxyl groups is 1. The van der Waals surface area contributed by atoms with Crippen molar-refractivity contribution < 1.29 is 9.90 Å². The van der Waals surface area contributed by atoms with Crippen LogP contribution < -0.4 is 5.32 Å². The van der Waals surface area contributed by atoms with Gasteiger partial charge in [0.05, 0.1) is 12.6 Å². The minimum atomic E-state index is -0.399. The molecule has 0 aliphatic rings. The Bertz CT molecular complexity index is 599. The molecule has 0 spiro atoms. The maximum atomic E-state index is 12.2. The Balaban J connectivity index is 2.15. The minimum Gasteiger partial charge on any atom is -0.394 e. The van der Waals surface area contributed by atoms with Crippen molar-refractivity contribution in [2.75, 3.05) is 6.61 Å². The number of benzene rings is 2. The van der Waals surface area contributed by atoms with Crippen LogP contribution in [-0.4, -0.2) is 17.6 Å². The van der Waals surface area contributed by atoms with Crippen molar-refractivity contribution in [2.45, 2.75) is 13.0 Å². The average Bonchev–Trinajstić information content (AvgIpc) is 2.48. The van der Waals surface area contributed by atoms with E-state index in [9.17, 15) is 9.90 Å². The van der Waals surface area contributed by atoms with E-state index in [0.29, 0.717) is 5.56 Å². The van der Waals surface area contributed by atoms with Crippen molar-refractivity contribution >= 4 is 21.8 Å². The number of carbonyl (C=O) groups is 1. The Hall–Kier alpha value is -1.65. The summed E-state index contributed by atoms with van der Waals surface area (Å²) in [6.45, 7) is 1.83. The molecule has 4 heteroatoms. The summed E-state index contributed by atoms with van der Waals surface area (Å²) >= 11 is 3.41. The van der Waals surface area contributed by atoms with Crippen LogP contribution in [-0.2, 0) is 0 Å². The fourth-order valence-corrected chi connectivity index (χ4v) is 2.27. The van der Waals surface area contributed by atoms with Gasteiger partial charge in [0.15, 0.2) is 0 Å². The van der Waals surface area contributed by atoms with Crippen LogP contribution in [0.2, 0.25) is 0 Å². The number of rotatable bonds is 4. The van der Waals surface area contributed by atoms with Gasteiger partial charge in [-0.1, -0.05) is 52.3 Å². The van der Waals surface area contributed by atoms with Crippen LogP contribution in [0.15, 0.2) is 53.0 Å². The Morgan fingerprint density at radius 3 is 2.55 bits per heavy atom. The van der Waals surface area contributed by atoms with Crippen molar-refractivity contribution in [3.63, 3.8) is 0 Å². The zero-order chi connectivity index (χ0) is 14.5. The lowest BCUT2D eigenvalue weighted by Gasteiger charge is -2.17. The summed E-state index contributed by atoms with van der Waals surface area (Å²) in [6, 6.07) is 14.5. The standard InChI is InChI=1S/C16H16BrNO2/c1-11-7-8-13(9-14(11)17)16(20)18-15(10-19)12-5-3-2-4-6-12/h2-9,15,19H,10H2,1H3,(H,18,20)/t15-/m1/s1. The molecule has 104 valence electrons. The smallest absolute Gasteiger partial charge is 0.251 e. The molecule has 2 aromatic rings. The van der Waals surface area contributed by atoms with Crippen LogP contribution in [0.4, 0.5) is 0 Å². The van der Waals surface area contributed by atoms with Crippen molar-refractivity contribution in [1.29, 1.82) is 0 Å². The van der Waals surface area contributed by atoms with E-state index in [2.05, 4.69) is 21.2 Å². The molecule has 0 saturated carbocycles. The van der Waals surface area contributed by atoms with Crippen molar-refractivity contribution in [3.05, 3.63) is 69.7 Å². The van der Waals surface area contributed by atoms with Crippen LogP contribution in [0.3, 0.4) is 0 Å². The third kappa shape index (κ3) is 3.46. The Kier molecular flexibility index (Phi) is 4.93. The van der Waals surface area contributed by atoms with E-state index in [4.69, 9.17) is 0 Å². The van der Waals surface area contributed by atoms with Crippen LogP contribution >= 0.6 is 15.9 Å². The van der Waals surface area contributed by atoms with Crippen LogP contribution in [0.1, 0.15) is 27.5 Å². The highest BCUT2D eigenvalue weighted by molar-refractivity contribution is 9.10. The quantitative estimate of drug-likeness (QED) is 0.902. The van der Waals surface area contributed by atoms with Crippen LogP contribution in [0.25, 0.3) is 0 Å². The summed E-state index contributed by atoms with van der Waals surface area (Å²) in [5.41, 5.74) is 2.52. The van der Waals surface area contributed by atoms with Crippen LogP contribution in [0, 0.1) is 6.92 Å². The molecule has 20 heavy (non-hydrogen) atoms. The fourth-order valence-electron chi connectivity index (χ4n) is 1.90. The number of amides is 1. The molecule has 0 fully saturated rings. The van der Waals surface area contributed by atoms with Gasteiger partial charge in [0.25, 0.3) is 5.91 Å². The summed E-state index contributed by atoms with van der Waals surface area (Å²) in [5, 5.41) is 12.3. The average molecular weight is 334 g/mol. The summed E-state index contributed by atoms with van der Waals surface area (Å²) in [5.74, 6) is -0.200. The second-order valence-corrected chi connectivity index (χ2v) is 5.44. The second kappa shape index (κ2) is 6.68. The molecule has 0 unspecified atom stereocenters. The second-order valence-electron chi connectivity index (χ2n) is 4.58. The number of aliphatic hydroxyl groups excluding tert-OH is 1. The first-order chi connectivity index (χ1) is 9.61. The van der Waals surface area contributed by atoms with Gasteiger partial charge in [-0.05, 0) is 30.2 Å². The zero-order valence-electron chi connectivity index (χ0n) is 11.1. The van der Waals surface area contributed by atoms with E-state index in [0.717, 1.165) is 15.6 Å². The topological polar surface area (TPSA) is 49.3 Å². The minimum absolute atomic E-state index is 0.136. The van der Waals surface area contributed by atoms with Crippen LogP contribution in [0.5, 0.6) is 0 Å². The maximum Gasteiger partial charge on any atom is 0.251 e. The van der Waals surface area contributed by atoms with E-state index in [1.807, 2.05) is 43.3 Å². The molecule has 2 aromatic carbocycles.